The summed E-state index contributed by atoms with van der Waals surface area (Å²) in [7, 11) is 0. The van der Waals surface area contributed by atoms with Crippen LogP contribution in [0.4, 0.5) is 0 Å². The molecule has 2 heterocycles. The summed E-state index contributed by atoms with van der Waals surface area (Å²) in [6, 6.07) is 9.96. The number of rotatable bonds is 2. The van der Waals surface area contributed by atoms with E-state index in [2.05, 4.69) is 11.9 Å². The molecule has 1 aliphatic heterocycles. The standard InChI is InChI=1S/C18H21N3OS/c1-12-7-6-10-21(15(12)11-19)18(22)16-17(23-13(2)20-16)14-8-4-3-5-9-14/h3-5,8-9,11-12H,6-7,10,19H2,1-2H3/b15-11+/t12-/m1/s1. The molecule has 0 unspecified atom stereocenters. The Bertz CT molecular complexity index is 736. The second-order valence-electron chi connectivity index (χ2n) is 5.87. The Morgan fingerprint density at radius 1 is 1.39 bits per heavy atom. The van der Waals surface area contributed by atoms with Crippen LogP contribution >= 0.6 is 11.3 Å². The molecule has 2 N–H and O–H groups in total. The summed E-state index contributed by atoms with van der Waals surface area (Å²) >= 11 is 1.56. The largest absolute Gasteiger partial charge is 0.403 e. The van der Waals surface area contributed by atoms with Crippen molar-refractivity contribution >= 4 is 17.2 Å². The Morgan fingerprint density at radius 3 is 2.83 bits per heavy atom. The number of amides is 1. The number of likely N-dealkylation sites (tertiary alicyclic amines) is 1. The normalized spacial score (nSPS) is 20.0. The van der Waals surface area contributed by atoms with Crippen molar-refractivity contribution < 1.29 is 4.79 Å². The zero-order valence-corrected chi connectivity index (χ0v) is 14.3. The minimum atomic E-state index is -0.0450. The molecule has 1 aromatic heterocycles. The SMILES string of the molecule is Cc1nc(C(=O)N2CCC[C@@H](C)/C2=C\N)c(-c2ccccc2)s1. The third-order valence-corrected chi connectivity index (χ3v) is 5.24. The average molecular weight is 327 g/mol. The maximum absolute atomic E-state index is 13.1. The number of nitrogens with zero attached hydrogens (tertiary/aromatic N) is 2. The number of piperidine rings is 1. The summed E-state index contributed by atoms with van der Waals surface area (Å²) in [6.07, 6.45) is 3.63. The lowest BCUT2D eigenvalue weighted by Crippen LogP contribution is -2.38. The van der Waals surface area contributed by atoms with E-state index >= 15 is 0 Å². The van der Waals surface area contributed by atoms with Crippen LogP contribution in [0.1, 0.15) is 35.3 Å². The molecular formula is C18H21N3OS. The molecule has 1 aromatic carbocycles. The van der Waals surface area contributed by atoms with Gasteiger partial charge in [-0.05, 0) is 31.2 Å². The van der Waals surface area contributed by atoms with E-state index < -0.39 is 0 Å². The van der Waals surface area contributed by atoms with Crippen LogP contribution in [0.2, 0.25) is 0 Å². The molecule has 4 nitrogen and oxygen atoms in total. The second-order valence-corrected chi connectivity index (χ2v) is 7.07. The number of carbonyl (C=O) groups is 1. The average Bonchev–Trinajstić information content (AvgIpc) is 2.96. The van der Waals surface area contributed by atoms with Crippen molar-refractivity contribution in [1.82, 2.24) is 9.88 Å². The highest BCUT2D eigenvalue weighted by molar-refractivity contribution is 7.15. The van der Waals surface area contributed by atoms with Crippen molar-refractivity contribution in [1.29, 1.82) is 0 Å². The molecular weight excluding hydrogens is 306 g/mol. The maximum atomic E-state index is 13.1. The molecule has 0 radical (unpaired) electrons. The van der Waals surface area contributed by atoms with E-state index in [1.165, 1.54) is 0 Å². The smallest absolute Gasteiger partial charge is 0.278 e. The van der Waals surface area contributed by atoms with Crippen LogP contribution in [0.25, 0.3) is 10.4 Å². The number of allylic oxidation sites excluding steroid dienone is 1. The number of aryl methyl sites for hydroxylation is 1. The van der Waals surface area contributed by atoms with Crippen molar-refractivity contribution in [3.8, 4) is 10.4 Å². The topological polar surface area (TPSA) is 59.2 Å². The zero-order chi connectivity index (χ0) is 16.4. The maximum Gasteiger partial charge on any atom is 0.278 e. The molecule has 1 aliphatic rings. The minimum Gasteiger partial charge on any atom is -0.403 e. The van der Waals surface area contributed by atoms with Crippen LogP contribution in [0.3, 0.4) is 0 Å². The summed E-state index contributed by atoms with van der Waals surface area (Å²) < 4.78 is 0. The van der Waals surface area contributed by atoms with Gasteiger partial charge in [0.15, 0.2) is 0 Å². The Balaban J connectivity index is 2.00. The fraction of sp³-hybridized carbons (Fsp3) is 0.333. The summed E-state index contributed by atoms with van der Waals surface area (Å²) in [4.78, 5) is 20.3. The van der Waals surface area contributed by atoms with E-state index in [4.69, 9.17) is 5.73 Å². The van der Waals surface area contributed by atoms with E-state index in [9.17, 15) is 4.79 Å². The number of aromatic nitrogens is 1. The second kappa shape index (κ2) is 6.54. The van der Waals surface area contributed by atoms with Gasteiger partial charge in [-0.3, -0.25) is 4.79 Å². The molecule has 2 aromatic rings. The van der Waals surface area contributed by atoms with Crippen LogP contribution in [-0.2, 0) is 0 Å². The molecule has 1 saturated heterocycles. The quantitative estimate of drug-likeness (QED) is 0.913. The van der Waals surface area contributed by atoms with Gasteiger partial charge < -0.3 is 10.6 Å². The van der Waals surface area contributed by atoms with Crippen molar-refractivity contribution in [2.75, 3.05) is 6.54 Å². The highest BCUT2D eigenvalue weighted by Crippen LogP contribution is 2.33. The fourth-order valence-electron chi connectivity index (χ4n) is 3.06. The Labute approximate surface area is 140 Å². The molecule has 0 saturated carbocycles. The van der Waals surface area contributed by atoms with E-state index in [0.29, 0.717) is 18.2 Å². The van der Waals surface area contributed by atoms with Crippen LogP contribution in [-0.4, -0.2) is 22.3 Å². The third-order valence-electron chi connectivity index (χ3n) is 4.22. The van der Waals surface area contributed by atoms with E-state index in [0.717, 1.165) is 34.0 Å². The minimum absolute atomic E-state index is 0.0450. The van der Waals surface area contributed by atoms with Gasteiger partial charge in [0, 0.05) is 18.4 Å². The van der Waals surface area contributed by atoms with Crippen molar-refractivity contribution in [2.24, 2.45) is 11.7 Å². The van der Waals surface area contributed by atoms with Crippen molar-refractivity contribution in [3.63, 3.8) is 0 Å². The number of thiazole rings is 1. The monoisotopic (exact) mass is 327 g/mol. The zero-order valence-electron chi connectivity index (χ0n) is 13.5. The first-order valence-electron chi connectivity index (χ1n) is 7.88. The molecule has 1 atom stereocenters. The number of hydrogen-bond acceptors (Lipinski definition) is 4. The molecule has 0 aliphatic carbocycles. The number of hydrogen-bond donors (Lipinski definition) is 1. The van der Waals surface area contributed by atoms with Gasteiger partial charge in [0.25, 0.3) is 5.91 Å². The predicted octanol–water partition coefficient (Wildman–Crippen LogP) is 3.79. The number of benzene rings is 1. The lowest BCUT2D eigenvalue weighted by molar-refractivity contribution is 0.0757. The van der Waals surface area contributed by atoms with Crippen molar-refractivity contribution in [3.05, 3.63) is 52.9 Å². The first kappa shape index (κ1) is 15.7. The van der Waals surface area contributed by atoms with Crippen LogP contribution in [0.15, 0.2) is 42.2 Å². The number of nitrogens with two attached hydrogens (primary N) is 1. The lowest BCUT2D eigenvalue weighted by Gasteiger charge is -2.33. The van der Waals surface area contributed by atoms with Gasteiger partial charge >= 0.3 is 0 Å². The molecule has 0 bridgehead atoms. The van der Waals surface area contributed by atoms with Crippen LogP contribution in [0, 0.1) is 12.8 Å². The molecule has 1 fully saturated rings. The van der Waals surface area contributed by atoms with Gasteiger partial charge in [-0.15, -0.1) is 11.3 Å². The highest BCUT2D eigenvalue weighted by Gasteiger charge is 2.30. The fourth-order valence-corrected chi connectivity index (χ4v) is 3.97. The Hall–Kier alpha value is -2.14. The summed E-state index contributed by atoms with van der Waals surface area (Å²) in [5.74, 6) is 0.258. The summed E-state index contributed by atoms with van der Waals surface area (Å²) in [6.45, 7) is 4.76. The first-order valence-corrected chi connectivity index (χ1v) is 8.70. The predicted molar refractivity (Wildman–Crippen MR) is 94.0 cm³/mol. The van der Waals surface area contributed by atoms with E-state index in [1.54, 1.807) is 22.4 Å². The molecule has 23 heavy (non-hydrogen) atoms. The van der Waals surface area contributed by atoms with Gasteiger partial charge in [-0.2, -0.15) is 0 Å². The van der Waals surface area contributed by atoms with Gasteiger partial charge in [-0.1, -0.05) is 37.3 Å². The van der Waals surface area contributed by atoms with Gasteiger partial charge in [0.1, 0.15) is 5.69 Å². The van der Waals surface area contributed by atoms with Gasteiger partial charge in [-0.25, -0.2) is 4.98 Å². The Kier molecular flexibility index (Phi) is 4.48. The van der Waals surface area contributed by atoms with Crippen LogP contribution < -0.4 is 5.73 Å². The highest BCUT2D eigenvalue weighted by atomic mass is 32.1. The molecule has 0 spiro atoms. The third kappa shape index (κ3) is 3.01. The first-order chi connectivity index (χ1) is 11.1. The van der Waals surface area contributed by atoms with Gasteiger partial charge in [0.2, 0.25) is 0 Å². The van der Waals surface area contributed by atoms with E-state index in [-0.39, 0.29) is 5.91 Å². The summed E-state index contributed by atoms with van der Waals surface area (Å²) in [5.41, 5.74) is 8.26. The van der Waals surface area contributed by atoms with E-state index in [1.807, 2.05) is 37.3 Å². The molecule has 3 rings (SSSR count). The van der Waals surface area contributed by atoms with Gasteiger partial charge in [0.05, 0.1) is 9.88 Å². The molecule has 5 heteroatoms. The van der Waals surface area contributed by atoms with Crippen LogP contribution in [0.5, 0.6) is 0 Å². The number of carbonyl (C=O) groups excluding carboxylic acids is 1. The molecule has 120 valence electrons. The molecule has 1 amide bonds. The van der Waals surface area contributed by atoms with Crippen molar-refractivity contribution in [2.45, 2.75) is 26.7 Å². The Morgan fingerprint density at radius 2 is 2.13 bits per heavy atom. The summed E-state index contributed by atoms with van der Waals surface area (Å²) in [5, 5.41) is 0.899. The lowest BCUT2D eigenvalue weighted by atomic mass is 9.95.